The lowest BCUT2D eigenvalue weighted by atomic mass is 9.55. The molecule has 3 aliphatic carbocycles. The number of hydrogen-bond donors (Lipinski definition) is 0. The molecule has 0 amide bonds. The number of esters is 1. The second-order valence-corrected chi connectivity index (χ2v) is 10.9. The SMILES string of the molecule is CCCCC(=O)O[C@@H]1CCC2C3CCc4cc(OCc5ccc(F)cc5)ccc4C3CC[C@@]21C. The molecule has 2 fully saturated rings. The summed E-state index contributed by atoms with van der Waals surface area (Å²) in [4.78, 5) is 12.4. The van der Waals surface area contributed by atoms with Gasteiger partial charge in [-0.05, 0) is 104 Å². The van der Waals surface area contributed by atoms with Crippen LogP contribution in [0.15, 0.2) is 42.5 Å². The summed E-state index contributed by atoms with van der Waals surface area (Å²) in [5.74, 6) is 2.58. The Balaban J connectivity index is 1.25. The maximum absolute atomic E-state index is 13.1. The highest BCUT2D eigenvalue weighted by molar-refractivity contribution is 5.69. The van der Waals surface area contributed by atoms with E-state index in [4.69, 9.17) is 9.47 Å². The van der Waals surface area contributed by atoms with Crippen LogP contribution >= 0.6 is 0 Å². The van der Waals surface area contributed by atoms with Crippen molar-refractivity contribution in [1.29, 1.82) is 0 Å². The summed E-state index contributed by atoms with van der Waals surface area (Å²) in [7, 11) is 0. The van der Waals surface area contributed by atoms with Gasteiger partial charge in [-0.25, -0.2) is 4.39 Å². The number of rotatable bonds is 7. The summed E-state index contributed by atoms with van der Waals surface area (Å²) < 4.78 is 25.2. The molecule has 182 valence electrons. The molecule has 4 heteroatoms. The van der Waals surface area contributed by atoms with Gasteiger partial charge in [0.1, 0.15) is 24.3 Å². The average Bonchev–Trinajstić information content (AvgIpc) is 3.18. The van der Waals surface area contributed by atoms with E-state index in [0.717, 1.165) is 43.4 Å². The number of fused-ring (bicyclic) bond motifs is 5. The molecule has 0 bridgehead atoms. The number of aryl methyl sites for hydroxylation is 1. The first-order chi connectivity index (χ1) is 16.5. The van der Waals surface area contributed by atoms with Crippen LogP contribution in [-0.4, -0.2) is 12.1 Å². The van der Waals surface area contributed by atoms with Crippen molar-refractivity contribution in [2.45, 2.75) is 90.3 Å². The molecular weight excluding hydrogens is 427 g/mol. The summed E-state index contributed by atoms with van der Waals surface area (Å²) in [5, 5.41) is 0. The monoisotopic (exact) mass is 464 g/mol. The fourth-order valence-corrected chi connectivity index (χ4v) is 7.08. The Morgan fingerprint density at radius 3 is 2.71 bits per heavy atom. The van der Waals surface area contributed by atoms with Crippen LogP contribution in [0.1, 0.15) is 87.8 Å². The third kappa shape index (κ3) is 4.48. The first-order valence-corrected chi connectivity index (χ1v) is 13.2. The maximum Gasteiger partial charge on any atom is 0.306 e. The topological polar surface area (TPSA) is 35.5 Å². The van der Waals surface area contributed by atoms with E-state index in [1.165, 1.54) is 42.5 Å². The van der Waals surface area contributed by atoms with Crippen LogP contribution < -0.4 is 4.74 Å². The largest absolute Gasteiger partial charge is 0.489 e. The van der Waals surface area contributed by atoms with Crippen molar-refractivity contribution in [1.82, 2.24) is 0 Å². The Morgan fingerprint density at radius 2 is 1.91 bits per heavy atom. The van der Waals surface area contributed by atoms with E-state index < -0.39 is 0 Å². The highest BCUT2D eigenvalue weighted by Crippen LogP contribution is 2.61. The lowest BCUT2D eigenvalue weighted by Gasteiger charge is -2.50. The number of unbranched alkanes of at least 4 members (excludes halogenated alkanes) is 1. The van der Waals surface area contributed by atoms with Crippen LogP contribution in [0.2, 0.25) is 0 Å². The van der Waals surface area contributed by atoms with Crippen LogP contribution in [0.3, 0.4) is 0 Å². The molecule has 0 radical (unpaired) electrons. The van der Waals surface area contributed by atoms with E-state index in [1.54, 1.807) is 12.1 Å². The van der Waals surface area contributed by atoms with Crippen LogP contribution in [0, 0.1) is 23.1 Å². The Hall–Kier alpha value is -2.36. The van der Waals surface area contributed by atoms with E-state index >= 15 is 0 Å². The van der Waals surface area contributed by atoms with Crippen molar-refractivity contribution in [3.05, 3.63) is 65.0 Å². The van der Waals surface area contributed by atoms with Crippen molar-refractivity contribution in [2.75, 3.05) is 0 Å². The molecule has 0 aromatic heterocycles. The van der Waals surface area contributed by atoms with Gasteiger partial charge >= 0.3 is 5.97 Å². The van der Waals surface area contributed by atoms with E-state index in [-0.39, 0.29) is 23.3 Å². The van der Waals surface area contributed by atoms with E-state index in [9.17, 15) is 9.18 Å². The minimum atomic E-state index is -0.223. The van der Waals surface area contributed by atoms with Gasteiger partial charge in [-0.15, -0.1) is 0 Å². The molecule has 0 N–H and O–H groups in total. The average molecular weight is 465 g/mol. The Morgan fingerprint density at radius 1 is 1.09 bits per heavy atom. The minimum Gasteiger partial charge on any atom is -0.489 e. The zero-order chi connectivity index (χ0) is 23.7. The van der Waals surface area contributed by atoms with Crippen LogP contribution in [0.25, 0.3) is 0 Å². The molecule has 2 saturated carbocycles. The van der Waals surface area contributed by atoms with Gasteiger partial charge < -0.3 is 9.47 Å². The molecule has 2 aromatic carbocycles. The van der Waals surface area contributed by atoms with Gasteiger partial charge in [-0.1, -0.05) is 38.5 Å². The molecule has 3 aliphatic rings. The molecule has 34 heavy (non-hydrogen) atoms. The Bertz CT molecular complexity index is 1020. The third-order valence-corrected chi connectivity index (χ3v) is 8.94. The number of carbonyl (C=O) groups is 1. The van der Waals surface area contributed by atoms with Crippen molar-refractivity contribution in [3.8, 4) is 5.75 Å². The van der Waals surface area contributed by atoms with E-state index in [0.29, 0.717) is 30.8 Å². The number of halogens is 1. The predicted molar refractivity (Wildman–Crippen MR) is 131 cm³/mol. The first kappa shape index (κ1) is 23.4. The quantitative estimate of drug-likeness (QED) is 0.402. The summed E-state index contributed by atoms with van der Waals surface area (Å²) >= 11 is 0. The van der Waals surface area contributed by atoms with Gasteiger partial charge in [0.25, 0.3) is 0 Å². The molecule has 5 atom stereocenters. The molecule has 3 nitrogen and oxygen atoms in total. The Labute approximate surface area is 203 Å². The highest BCUT2D eigenvalue weighted by atomic mass is 19.1. The van der Waals surface area contributed by atoms with Crippen molar-refractivity contribution in [3.63, 3.8) is 0 Å². The summed E-state index contributed by atoms with van der Waals surface area (Å²) in [6.07, 6.45) is 9.38. The second-order valence-electron chi connectivity index (χ2n) is 10.9. The predicted octanol–water partition coefficient (Wildman–Crippen LogP) is 7.36. The lowest BCUT2D eigenvalue weighted by Crippen LogP contribution is -2.45. The van der Waals surface area contributed by atoms with E-state index in [1.807, 2.05) is 0 Å². The normalized spacial score (nSPS) is 29.6. The molecular formula is C30H37FO3. The molecule has 5 rings (SSSR count). The minimum absolute atomic E-state index is 0.00185. The Kier molecular flexibility index (Phi) is 6.68. The van der Waals surface area contributed by atoms with Crippen molar-refractivity contribution >= 4 is 5.97 Å². The van der Waals surface area contributed by atoms with Gasteiger partial charge in [0, 0.05) is 11.8 Å². The molecule has 0 heterocycles. The fourth-order valence-electron chi connectivity index (χ4n) is 7.08. The molecule has 0 saturated heterocycles. The van der Waals surface area contributed by atoms with Gasteiger partial charge in [-0.2, -0.15) is 0 Å². The second kappa shape index (κ2) is 9.71. The van der Waals surface area contributed by atoms with Crippen molar-refractivity contribution < 1.29 is 18.7 Å². The zero-order valence-electron chi connectivity index (χ0n) is 20.5. The summed E-state index contributed by atoms with van der Waals surface area (Å²) in [6.45, 7) is 4.95. The molecule has 0 aliphatic heterocycles. The third-order valence-electron chi connectivity index (χ3n) is 8.94. The molecule has 0 spiro atoms. The fraction of sp³-hybridized carbons (Fsp3) is 0.567. The van der Waals surface area contributed by atoms with Crippen LogP contribution in [0.4, 0.5) is 4.39 Å². The smallest absolute Gasteiger partial charge is 0.306 e. The van der Waals surface area contributed by atoms with Gasteiger partial charge in [0.2, 0.25) is 0 Å². The number of carbonyl (C=O) groups excluding carboxylic acids is 1. The first-order valence-electron chi connectivity index (χ1n) is 13.2. The van der Waals surface area contributed by atoms with Gasteiger partial charge in [0.05, 0.1) is 0 Å². The van der Waals surface area contributed by atoms with Crippen molar-refractivity contribution in [2.24, 2.45) is 17.3 Å². The van der Waals surface area contributed by atoms with Crippen LogP contribution in [0.5, 0.6) is 5.75 Å². The lowest BCUT2D eigenvalue weighted by molar-refractivity contribution is -0.157. The molecule has 3 unspecified atom stereocenters. The highest BCUT2D eigenvalue weighted by Gasteiger charge is 2.56. The molecule has 2 aromatic rings. The summed E-state index contributed by atoms with van der Waals surface area (Å²) in [6, 6.07) is 13.1. The number of benzene rings is 2. The number of hydrogen-bond acceptors (Lipinski definition) is 3. The zero-order valence-corrected chi connectivity index (χ0v) is 20.5. The van der Waals surface area contributed by atoms with E-state index in [2.05, 4.69) is 32.0 Å². The summed E-state index contributed by atoms with van der Waals surface area (Å²) in [5.41, 5.74) is 4.01. The van der Waals surface area contributed by atoms with Gasteiger partial charge in [-0.3, -0.25) is 4.79 Å². The number of ether oxygens (including phenoxy) is 2. The maximum atomic E-state index is 13.1. The van der Waals surface area contributed by atoms with Gasteiger partial charge in [0.15, 0.2) is 0 Å². The van der Waals surface area contributed by atoms with Crippen LogP contribution in [-0.2, 0) is 22.6 Å². The standard InChI is InChI=1S/C30H37FO3/c1-3-4-5-29(32)34-28-15-14-27-26-12-8-21-18-23(33-19-20-6-9-22(31)10-7-20)11-13-24(21)25(26)16-17-30(27,28)2/h6-7,9-11,13,18,25-28H,3-5,8,12,14-17,19H2,1-2H3/t25?,26?,27?,28-,30+/m1/s1.